The maximum absolute atomic E-state index is 11.3. The summed E-state index contributed by atoms with van der Waals surface area (Å²) in [6.45, 7) is 7.23. The fraction of sp³-hybridized carbons (Fsp3) is 0.412. The lowest BCUT2D eigenvalue weighted by molar-refractivity contribution is -0.119. The topological polar surface area (TPSA) is 75.4 Å². The minimum Gasteiger partial charge on any atom is -0.366 e. The molecule has 0 aliphatic carbocycles. The molecule has 1 atom stereocenters. The van der Waals surface area contributed by atoms with Gasteiger partial charge in [0.1, 0.15) is 10.7 Å². The van der Waals surface area contributed by atoms with Gasteiger partial charge in [0.05, 0.1) is 17.1 Å². The van der Waals surface area contributed by atoms with E-state index in [-0.39, 0.29) is 11.9 Å². The number of hydrogen-bond acceptors (Lipinski definition) is 6. The molecule has 25 heavy (non-hydrogen) atoms. The van der Waals surface area contributed by atoms with E-state index in [1.54, 1.807) is 24.5 Å². The lowest BCUT2D eigenvalue weighted by Crippen LogP contribution is -2.35. The van der Waals surface area contributed by atoms with E-state index in [2.05, 4.69) is 26.4 Å². The Balaban J connectivity index is 1.78. The molecule has 4 heterocycles. The van der Waals surface area contributed by atoms with Crippen LogP contribution in [0.1, 0.15) is 24.7 Å². The highest BCUT2D eigenvalue weighted by Crippen LogP contribution is 2.31. The molecule has 1 amide bonds. The lowest BCUT2D eigenvalue weighted by Gasteiger charge is -2.20. The molecule has 8 heteroatoms. The highest BCUT2D eigenvalue weighted by Gasteiger charge is 2.27. The van der Waals surface area contributed by atoms with Crippen molar-refractivity contribution in [3.05, 3.63) is 29.0 Å². The highest BCUT2D eigenvalue weighted by molar-refractivity contribution is 7.13. The first-order valence-corrected chi connectivity index (χ1v) is 9.20. The number of carbonyl (C=O) groups excluding carboxylic acids is 1. The number of fused-ring (bicyclic) bond motifs is 1. The minimum absolute atomic E-state index is 0.0191. The molecule has 1 fully saturated rings. The summed E-state index contributed by atoms with van der Waals surface area (Å²) >= 11 is 1.59. The number of nitrogens with one attached hydrogen (secondary N) is 1. The molecule has 0 bridgehead atoms. The van der Waals surface area contributed by atoms with Crippen LogP contribution >= 0.6 is 11.3 Å². The summed E-state index contributed by atoms with van der Waals surface area (Å²) in [5.74, 6) is 0.0191. The molecule has 3 aromatic heterocycles. The van der Waals surface area contributed by atoms with Crippen molar-refractivity contribution in [2.24, 2.45) is 0 Å². The minimum atomic E-state index is 0.0191. The van der Waals surface area contributed by atoms with Crippen molar-refractivity contribution in [3.8, 4) is 10.7 Å². The van der Waals surface area contributed by atoms with Crippen LogP contribution in [-0.2, 0) is 4.79 Å². The van der Waals surface area contributed by atoms with Gasteiger partial charge in [0.25, 0.3) is 0 Å². The number of hydrogen-bond donors (Lipinski definition) is 1. The number of imidazole rings is 1. The molecule has 1 aliphatic heterocycles. The second-order valence-electron chi connectivity index (χ2n) is 6.42. The molecule has 0 radical (unpaired) electrons. The van der Waals surface area contributed by atoms with E-state index in [4.69, 9.17) is 4.98 Å². The average Bonchev–Trinajstić information content (AvgIpc) is 3.25. The summed E-state index contributed by atoms with van der Waals surface area (Å²) in [7, 11) is 0. The molecule has 0 aromatic carbocycles. The van der Waals surface area contributed by atoms with Crippen LogP contribution in [0.2, 0.25) is 0 Å². The number of anilines is 1. The first kappa shape index (κ1) is 16.0. The van der Waals surface area contributed by atoms with Crippen LogP contribution in [0.25, 0.3) is 16.3 Å². The zero-order valence-corrected chi connectivity index (χ0v) is 15.3. The van der Waals surface area contributed by atoms with E-state index in [9.17, 15) is 4.79 Å². The lowest BCUT2D eigenvalue weighted by atomic mass is 10.2. The summed E-state index contributed by atoms with van der Waals surface area (Å²) in [6.07, 6.45) is 2.74. The van der Waals surface area contributed by atoms with Crippen molar-refractivity contribution >= 4 is 28.6 Å². The number of aromatic nitrogens is 4. The van der Waals surface area contributed by atoms with Gasteiger partial charge in [0, 0.05) is 37.6 Å². The second kappa shape index (κ2) is 6.11. The zero-order chi connectivity index (χ0) is 17.6. The van der Waals surface area contributed by atoms with Gasteiger partial charge in [-0.05, 0) is 26.3 Å². The Morgan fingerprint density at radius 2 is 2.24 bits per heavy atom. The number of aryl methyl sites for hydroxylation is 2. The predicted molar refractivity (Wildman–Crippen MR) is 98.0 cm³/mol. The molecule has 3 aromatic rings. The summed E-state index contributed by atoms with van der Waals surface area (Å²) in [5.41, 5.74) is 4.71. The van der Waals surface area contributed by atoms with Gasteiger partial charge in [-0.3, -0.25) is 4.79 Å². The number of amides is 1. The third kappa shape index (κ3) is 2.86. The first-order valence-electron chi connectivity index (χ1n) is 8.32. The smallest absolute Gasteiger partial charge is 0.217 e. The summed E-state index contributed by atoms with van der Waals surface area (Å²) in [4.78, 5) is 22.8. The molecule has 1 N–H and O–H groups in total. The van der Waals surface area contributed by atoms with E-state index in [0.29, 0.717) is 0 Å². The summed E-state index contributed by atoms with van der Waals surface area (Å²) < 4.78 is 1.91. The molecule has 0 saturated carbocycles. The molecular formula is C17H20N6OS. The Morgan fingerprint density at radius 1 is 1.40 bits per heavy atom. The molecule has 1 aliphatic rings. The van der Waals surface area contributed by atoms with Crippen molar-refractivity contribution in [2.45, 2.75) is 33.2 Å². The van der Waals surface area contributed by atoms with E-state index in [1.807, 2.05) is 23.7 Å². The van der Waals surface area contributed by atoms with Crippen LogP contribution in [-0.4, -0.2) is 44.6 Å². The maximum Gasteiger partial charge on any atom is 0.217 e. The molecular weight excluding hydrogens is 336 g/mol. The molecule has 0 spiro atoms. The van der Waals surface area contributed by atoms with E-state index in [0.717, 1.165) is 52.9 Å². The van der Waals surface area contributed by atoms with Crippen molar-refractivity contribution < 1.29 is 4.79 Å². The fourth-order valence-corrected chi connectivity index (χ4v) is 4.15. The average molecular weight is 356 g/mol. The van der Waals surface area contributed by atoms with E-state index < -0.39 is 0 Å². The van der Waals surface area contributed by atoms with Gasteiger partial charge in [-0.2, -0.15) is 5.10 Å². The highest BCUT2D eigenvalue weighted by atomic mass is 32.1. The third-order valence-corrected chi connectivity index (χ3v) is 5.21. The number of carbonyl (C=O) groups is 1. The monoisotopic (exact) mass is 356 g/mol. The van der Waals surface area contributed by atoms with Crippen molar-refractivity contribution in [2.75, 3.05) is 18.0 Å². The van der Waals surface area contributed by atoms with Gasteiger partial charge in [-0.15, -0.1) is 11.3 Å². The zero-order valence-electron chi connectivity index (χ0n) is 14.5. The summed E-state index contributed by atoms with van der Waals surface area (Å²) in [6, 6.07) is 2.25. The Hall–Kier alpha value is -2.48. The van der Waals surface area contributed by atoms with Crippen LogP contribution in [0.3, 0.4) is 0 Å². The predicted octanol–water partition coefficient (Wildman–Crippen LogP) is 2.18. The van der Waals surface area contributed by atoms with Gasteiger partial charge in [0.15, 0.2) is 5.65 Å². The van der Waals surface area contributed by atoms with Gasteiger partial charge < -0.3 is 10.2 Å². The van der Waals surface area contributed by atoms with Crippen molar-refractivity contribution in [1.82, 2.24) is 24.9 Å². The SMILES string of the molecule is CC(=O)NC1CCN(c2cc(C)nn3c(-c4nccs4)c(C)nc23)C1. The Morgan fingerprint density at radius 3 is 2.96 bits per heavy atom. The number of rotatable bonds is 3. The molecule has 1 saturated heterocycles. The molecule has 1 unspecified atom stereocenters. The van der Waals surface area contributed by atoms with Gasteiger partial charge in [-0.25, -0.2) is 14.5 Å². The summed E-state index contributed by atoms with van der Waals surface area (Å²) in [5, 5.41) is 10.6. The number of thiazole rings is 1. The van der Waals surface area contributed by atoms with Gasteiger partial charge in [-0.1, -0.05) is 0 Å². The maximum atomic E-state index is 11.3. The van der Waals surface area contributed by atoms with E-state index in [1.165, 1.54) is 0 Å². The number of nitrogens with zero attached hydrogens (tertiary/aromatic N) is 5. The Labute approximate surface area is 149 Å². The third-order valence-electron chi connectivity index (χ3n) is 4.43. The van der Waals surface area contributed by atoms with E-state index >= 15 is 0 Å². The normalized spacial score (nSPS) is 17.4. The van der Waals surface area contributed by atoms with Gasteiger partial charge >= 0.3 is 0 Å². The van der Waals surface area contributed by atoms with Crippen LogP contribution < -0.4 is 10.2 Å². The second-order valence-corrected chi connectivity index (χ2v) is 7.32. The quantitative estimate of drug-likeness (QED) is 0.778. The van der Waals surface area contributed by atoms with Crippen molar-refractivity contribution in [1.29, 1.82) is 0 Å². The van der Waals surface area contributed by atoms with Crippen LogP contribution in [0.15, 0.2) is 17.6 Å². The Kier molecular flexibility index (Phi) is 3.91. The standard InChI is InChI=1S/C17H20N6OS/c1-10-8-14(22-6-4-13(9-22)20-12(3)24)16-19-11(2)15(23(16)21-10)17-18-5-7-25-17/h5,7-8,13H,4,6,9H2,1-3H3,(H,20,24). The van der Waals surface area contributed by atoms with Crippen LogP contribution in [0.4, 0.5) is 5.69 Å². The largest absolute Gasteiger partial charge is 0.366 e. The molecule has 4 rings (SSSR count). The van der Waals surface area contributed by atoms with Crippen molar-refractivity contribution in [3.63, 3.8) is 0 Å². The van der Waals surface area contributed by atoms with Gasteiger partial charge in [0.2, 0.25) is 5.91 Å². The Bertz CT molecular complexity index is 932. The van der Waals surface area contributed by atoms with Crippen LogP contribution in [0.5, 0.6) is 0 Å². The fourth-order valence-electron chi connectivity index (χ4n) is 3.43. The first-order chi connectivity index (χ1) is 12.0. The molecule has 7 nitrogen and oxygen atoms in total. The molecule has 130 valence electrons. The van der Waals surface area contributed by atoms with Crippen LogP contribution in [0, 0.1) is 13.8 Å².